The highest BCUT2D eigenvalue weighted by molar-refractivity contribution is 6.32. The van der Waals surface area contributed by atoms with E-state index in [9.17, 15) is 5.11 Å². The van der Waals surface area contributed by atoms with Crippen LogP contribution in [0.5, 0.6) is 5.75 Å². The molecular weight excluding hydrogens is 212 g/mol. The lowest BCUT2D eigenvalue weighted by atomic mass is 9.92. The summed E-state index contributed by atoms with van der Waals surface area (Å²) in [5, 5.41) is 10.2. The van der Waals surface area contributed by atoms with E-state index in [1.165, 1.54) is 0 Å². The molecule has 1 saturated carbocycles. The lowest BCUT2D eigenvalue weighted by Gasteiger charge is -2.32. The van der Waals surface area contributed by atoms with Gasteiger partial charge in [0.25, 0.3) is 0 Å². The van der Waals surface area contributed by atoms with Crippen LogP contribution in [-0.2, 0) is 0 Å². The Morgan fingerprint density at radius 2 is 1.87 bits per heavy atom. The molecule has 2 rings (SSSR count). The first-order chi connectivity index (χ1) is 7.08. The molecule has 15 heavy (non-hydrogen) atoms. The quantitative estimate of drug-likeness (QED) is 0.841. The second kappa shape index (κ2) is 4.03. The monoisotopic (exact) mass is 226 g/mol. The fraction of sp³-hybridized carbons (Fsp3) is 0.500. The Kier molecular flexibility index (Phi) is 2.89. The average Bonchev–Trinajstić information content (AvgIpc) is 2.20. The van der Waals surface area contributed by atoms with E-state index in [0.29, 0.717) is 0 Å². The van der Waals surface area contributed by atoms with Crippen molar-refractivity contribution in [3.8, 4) is 5.75 Å². The number of ether oxygens (including phenoxy) is 1. The minimum atomic E-state index is -0.304. The van der Waals surface area contributed by atoms with Crippen LogP contribution in [-0.4, -0.2) is 17.3 Å². The zero-order valence-corrected chi connectivity index (χ0v) is 9.71. The topological polar surface area (TPSA) is 29.5 Å². The van der Waals surface area contributed by atoms with Crippen LogP contribution in [0, 0.1) is 13.8 Å². The van der Waals surface area contributed by atoms with Gasteiger partial charge >= 0.3 is 0 Å². The molecule has 3 heteroatoms. The molecule has 0 amide bonds. The van der Waals surface area contributed by atoms with Crippen molar-refractivity contribution in [2.75, 3.05) is 0 Å². The van der Waals surface area contributed by atoms with Crippen LogP contribution in [0.15, 0.2) is 12.1 Å². The first kappa shape index (κ1) is 10.8. The number of aryl methyl sites for hydroxylation is 2. The van der Waals surface area contributed by atoms with Gasteiger partial charge in [-0.05, 0) is 49.9 Å². The van der Waals surface area contributed by atoms with Gasteiger partial charge in [-0.15, -0.1) is 0 Å². The summed E-state index contributed by atoms with van der Waals surface area (Å²) in [6.07, 6.45) is 1.43. The van der Waals surface area contributed by atoms with Crippen molar-refractivity contribution in [3.05, 3.63) is 28.3 Å². The molecule has 0 aromatic heterocycles. The van der Waals surface area contributed by atoms with E-state index in [-0.39, 0.29) is 12.2 Å². The Bertz CT molecular complexity index is 353. The highest BCUT2D eigenvalue weighted by Gasteiger charge is 2.30. The molecule has 1 fully saturated rings. The van der Waals surface area contributed by atoms with Gasteiger partial charge in [-0.2, -0.15) is 0 Å². The van der Waals surface area contributed by atoms with E-state index in [1.807, 2.05) is 26.0 Å². The van der Waals surface area contributed by atoms with E-state index in [4.69, 9.17) is 16.3 Å². The third-order valence-electron chi connectivity index (χ3n) is 2.87. The van der Waals surface area contributed by atoms with Gasteiger partial charge in [0, 0.05) is 5.02 Å². The van der Waals surface area contributed by atoms with Crippen molar-refractivity contribution >= 4 is 11.6 Å². The SMILES string of the molecule is Cc1cc(O[C@H]2CC[C@@H]2O)cc(C)c1Cl. The number of hydrogen-bond acceptors (Lipinski definition) is 2. The molecule has 82 valence electrons. The Labute approximate surface area is 94.8 Å². The van der Waals surface area contributed by atoms with Crippen molar-refractivity contribution in [1.82, 2.24) is 0 Å². The van der Waals surface area contributed by atoms with Crippen LogP contribution in [0.1, 0.15) is 24.0 Å². The molecule has 0 spiro atoms. The zero-order chi connectivity index (χ0) is 11.0. The number of aliphatic hydroxyl groups excluding tert-OH is 1. The van der Waals surface area contributed by atoms with E-state index >= 15 is 0 Å². The standard InChI is InChI=1S/C12H15ClO2/c1-7-5-9(6-8(2)12(7)13)15-11-4-3-10(11)14/h5-6,10-11,14H,3-4H2,1-2H3/t10-,11-/m0/s1. The Hall–Kier alpha value is -0.730. The summed E-state index contributed by atoms with van der Waals surface area (Å²) in [5.74, 6) is 0.804. The van der Waals surface area contributed by atoms with E-state index in [0.717, 1.165) is 34.7 Å². The number of aliphatic hydroxyl groups is 1. The summed E-state index contributed by atoms with van der Waals surface area (Å²) in [6, 6.07) is 3.83. The number of halogens is 1. The van der Waals surface area contributed by atoms with Gasteiger partial charge in [0.2, 0.25) is 0 Å². The molecule has 0 aliphatic heterocycles. The third kappa shape index (κ3) is 2.11. The molecule has 0 unspecified atom stereocenters. The first-order valence-electron chi connectivity index (χ1n) is 5.19. The molecule has 0 radical (unpaired) electrons. The smallest absolute Gasteiger partial charge is 0.125 e. The molecule has 1 N–H and O–H groups in total. The highest BCUT2D eigenvalue weighted by Crippen LogP contribution is 2.30. The van der Waals surface area contributed by atoms with Crippen molar-refractivity contribution in [2.24, 2.45) is 0 Å². The minimum absolute atomic E-state index is 0.0371. The van der Waals surface area contributed by atoms with Gasteiger partial charge in [-0.25, -0.2) is 0 Å². The molecule has 0 heterocycles. The fourth-order valence-electron chi connectivity index (χ4n) is 1.74. The predicted molar refractivity (Wildman–Crippen MR) is 60.6 cm³/mol. The lowest BCUT2D eigenvalue weighted by molar-refractivity contribution is -0.0362. The van der Waals surface area contributed by atoms with Crippen molar-refractivity contribution < 1.29 is 9.84 Å². The van der Waals surface area contributed by atoms with Crippen LogP contribution >= 0.6 is 11.6 Å². The molecule has 1 aliphatic rings. The maximum atomic E-state index is 9.41. The lowest BCUT2D eigenvalue weighted by Crippen LogP contribution is -2.41. The Morgan fingerprint density at radius 1 is 1.27 bits per heavy atom. The number of benzene rings is 1. The molecule has 1 aliphatic carbocycles. The van der Waals surface area contributed by atoms with Crippen LogP contribution < -0.4 is 4.74 Å². The summed E-state index contributed by atoms with van der Waals surface area (Å²) >= 11 is 6.06. The van der Waals surface area contributed by atoms with Crippen LogP contribution in [0.2, 0.25) is 5.02 Å². The molecule has 0 bridgehead atoms. The van der Waals surface area contributed by atoms with Crippen LogP contribution in [0.25, 0.3) is 0 Å². The van der Waals surface area contributed by atoms with Crippen molar-refractivity contribution in [1.29, 1.82) is 0 Å². The Balaban J connectivity index is 2.15. The maximum Gasteiger partial charge on any atom is 0.125 e. The van der Waals surface area contributed by atoms with Gasteiger partial charge in [0.15, 0.2) is 0 Å². The second-order valence-electron chi connectivity index (χ2n) is 4.17. The molecule has 2 nitrogen and oxygen atoms in total. The summed E-state index contributed by atoms with van der Waals surface area (Å²) in [7, 11) is 0. The number of rotatable bonds is 2. The first-order valence-corrected chi connectivity index (χ1v) is 5.57. The normalized spacial score (nSPS) is 24.8. The van der Waals surface area contributed by atoms with Crippen LogP contribution in [0.4, 0.5) is 0 Å². The maximum absolute atomic E-state index is 9.41. The summed E-state index contributed by atoms with van der Waals surface area (Å²) in [5.41, 5.74) is 2.03. The van der Waals surface area contributed by atoms with Gasteiger partial charge < -0.3 is 9.84 Å². The Morgan fingerprint density at radius 3 is 2.27 bits per heavy atom. The second-order valence-corrected chi connectivity index (χ2v) is 4.55. The molecule has 1 aromatic rings. The minimum Gasteiger partial charge on any atom is -0.488 e. The largest absolute Gasteiger partial charge is 0.488 e. The van der Waals surface area contributed by atoms with Crippen LogP contribution in [0.3, 0.4) is 0 Å². The molecule has 2 atom stereocenters. The van der Waals surface area contributed by atoms with Crippen molar-refractivity contribution in [3.63, 3.8) is 0 Å². The fourth-order valence-corrected chi connectivity index (χ4v) is 1.85. The summed E-state index contributed by atoms with van der Waals surface area (Å²) in [6.45, 7) is 3.92. The zero-order valence-electron chi connectivity index (χ0n) is 8.96. The van der Waals surface area contributed by atoms with Gasteiger partial charge in [0.05, 0.1) is 6.10 Å². The summed E-state index contributed by atoms with van der Waals surface area (Å²) < 4.78 is 5.67. The van der Waals surface area contributed by atoms with Gasteiger partial charge in [-0.3, -0.25) is 0 Å². The van der Waals surface area contributed by atoms with Gasteiger partial charge in [0.1, 0.15) is 11.9 Å². The van der Waals surface area contributed by atoms with E-state index < -0.39 is 0 Å². The molecule has 0 saturated heterocycles. The van der Waals surface area contributed by atoms with E-state index in [2.05, 4.69) is 0 Å². The third-order valence-corrected chi connectivity index (χ3v) is 3.47. The van der Waals surface area contributed by atoms with Gasteiger partial charge in [-0.1, -0.05) is 11.6 Å². The highest BCUT2D eigenvalue weighted by atomic mass is 35.5. The van der Waals surface area contributed by atoms with E-state index in [1.54, 1.807) is 0 Å². The predicted octanol–water partition coefficient (Wildman–Crippen LogP) is 2.86. The molecule has 1 aromatic carbocycles. The number of hydrogen-bond donors (Lipinski definition) is 1. The summed E-state index contributed by atoms with van der Waals surface area (Å²) in [4.78, 5) is 0. The molecular formula is C12H15ClO2. The van der Waals surface area contributed by atoms with Crippen molar-refractivity contribution in [2.45, 2.75) is 38.9 Å². The average molecular weight is 227 g/mol.